The third kappa shape index (κ3) is 1.53. The van der Waals surface area contributed by atoms with Crippen LogP contribution < -0.4 is 0 Å². The second-order valence-corrected chi connectivity index (χ2v) is 2.70. The van der Waals surface area contributed by atoms with Gasteiger partial charge in [-0.3, -0.25) is 0 Å². The van der Waals surface area contributed by atoms with Crippen molar-refractivity contribution in [3.63, 3.8) is 0 Å². The van der Waals surface area contributed by atoms with Crippen molar-refractivity contribution in [3.8, 4) is 0 Å². The molecule has 1 heteroatoms. The Hall–Kier alpha value is -0.980. The summed E-state index contributed by atoms with van der Waals surface area (Å²) in [7, 11) is 2.11. The summed E-state index contributed by atoms with van der Waals surface area (Å²) in [6.07, 6.45) is 8.65. The van der Waals surface area contributed by atoms with Gasteiger partial charge >= 0.3 is 0 Å². The molecule has 0 aromatic rings. The topological polar surface area (TPSA) is 3.24 Å². The zero-order valence-electron chi connectivity index (χ0n) is 7.46. The van der Waals surface area contributed by atoms with Crippen LogP contribution in [0.15, 0.2) is 35.6 Å². The molecule has 11 heavy (non-hydrogen) atoms. The number of hydrogen-bond donors (Lipinski definition) is 0. The molecule has 0 aromatic heterocycles. The van der Waals surface area contributed by atoms with E-state index in [4.69, 9.17) is 0 Å². The van der Waals surface area contributed by atoms with Crippen molar-refractivity contribution in [2.45, 2.75) is 13.8 Å². The van der Waals surface area contributed by atoms with Gasteiger partial charge in [-0.05, 0) is 19.4 Å². The molecule has 1 aliphatic rings. The number of allylic oxidation sites excluding steroid dienone is 3. The molecule has 1 rings (SSSR count). The molecule has 0 saturated heterocycles. The first-order valence-corrected chi connectivity index (χ1v) is 4.00. The SMILES string of the molecule is CC=C1C=CCN(C)C1=CC. The van der Waals surface area contributed by atoms with Crippen LogP contribution in [0.5, 0.6) is 0 Å². The number of likely N-dealkylation sites (N-methyl/N-ethyl adjacent to an activating group) is 1. The maximum Gasteiger partial charge on any atom is 0.0393 e. The Labute approximate surface area is 68.7 Å². The normalized spacial score (nSPS) is 25.2. The lowest BCUT2D eigenvalue weighted by molar-refractivity contribution is 0.466. The van der Waals surface area contributed by atoms with Crippen LogP contribution in [0.3, 0.4) is 0 Å². The van der Waals surface area contributed by atoms with Crippen LogP contribution in [-0.4, -0.2) is 18.5 Å². The van der Waals surface area contributed by atoms with E-state index in [0.29, 0.717) is 0 Å². The van der Waals surface area contributed by atoms with Gasteiger partial charge in [0.1, 0.15) is 0 Å². The highest BCUT2D eigenvalue weighted by molar-refractivity contribution is 5.40. The Bertz CT molecular complexity index is 221. The molecule has 0 N–H and O–H groups in total. The molecule has 0 bridgehead atoms. The van der Waals surface area contributed by atoms with Crippen LogP contribution in [0.1, 0.15) is 13.8 Å². The van der Waals surface area contributed by atoms with Gasteiger partial charge in [-0.2, -0.15) is 0 Å². The van der Waals surface area contributed by atoms with Gasteiger partial charge in [0.2, 0.25) is 0 Å². The lowest BCUT2D eigenvalue weighted by Crippen LogP contribution is -2.21. The van der Waals surface area contributed by atoms with Gasteiger partial charge in [0, 0.05) is 19.3 Å². The van der Waals surface area contributed by atoms with Crippen molar-refractivity contribution in [1.82, 2.24) is 4.90 Å². The van der Waals surface area contributed by atoms with E-state index in [2.05, 4.69) is 50.1 Å². The molecule has 0 aromatic carbocycles. The fourth-order valence-electron chi connectivity index (χ4n) is 1.37. The molecule has 1 aliphatic heterocycles. The lowest BCUT2D eigenvalue weighted by atomic mass is 10.1. The third-order valence-electron chi connectivity index (χ3n) is 1.97. The van der Waals surface area contributed by atoms with E-state index in [-0.39, 0.29) is 0 Å². The molecule has 0 amide bonds. The Morgan fingerprint density at radius 1 is 1.36 bits per heavy atom. The molecular weight excluding hydrogens is 134 g/mol. The highest BCUT2D eigenvalue weighted by Crippen LogP contribution is 2.18. The van der Waals surface area contributed by atoms with Gasteiger partial charge in [-0.1, -0.05) is 24.3 Å². The molecule has 0 spiro atoms. The first-order valence-electron chi connectivity index (χ1n) is 4.00. The second-order valence-electron chi connectivity index (χ2n) is 2.70. The molecule has 60 valence electrons. The van der Waals surface area contributed by atoms with Gasteiger partial charge in [0.15, 0.2) is 0 Å². The van der Waals surface area contributed by atoms with E-state index in [0.717, 1.165) is 6.54 Å². The molecule has 0 atom stereocenters. The summed E-state index contributed by atoms with van der Waals surface area (Å²) < 4.78 is 0. The molecule has 1 heterocycles. The molecule has 0 radical (unpaired) electrons. The van der Waals surface area contributed by atoms with Crippen LogP contribution in [0, 0.1) is 0 Å². The average molecular weight is 149 g/mol. The lowest BCUT2D eigenvalue weighted by Gasteiger charge is -2.25. The summed E-state index contributed by atoms with van der Waals surface area (Å²) >= 11 is 0. The minimum Gasteiger partial charge on any atom is -0.371 e. The van der Waals surface area contributed by atoms with Gasteiger partial charge in [-0.25, -0.2) is 0 Å². The molecule has 1 nitrogen and oxygen atoms in total. The molecule has 0 unspecified atom stereocenters. The largest absolute Gasteiger partial charge is 0.371 e. The summed E-state index contributed by atoms with van der Waals surface area (Å²) in [5.41, 5.74) is 2.65. The summed E-state index contributed by atoms with van der Waals surface area (Å²) in [4.78, 5) is 2.25. The van der Waals surface area contributed by atoms with Crippen molar-refractivity contribution >= 4 is 0 Å². The van der Waals surface area contributed by atoms with Gasteiger partial charge in [0.25, 0.3) is 0 Å². The minimum atomic E-state index is 1.02. The smallest absolute Gasteiger partial charge is 0.0393 e. The summed E-state index contributed by atoms with van der Waals surface area (Å²) in [6, 6.07) is 0. The number of hydrogen-bond acceptors (Lipinski definition) is 1. The van der Waals surface area contributed by atoms with Crippen molar-refractivity contribution in [3.05, 3.63) is 35.6 Å². The van der Waals surface area contributed by atoms with Crippen molar-refractivity contribution in [2.75, 3.05) is 13.6 Å². The first kappa shape index (κ1) is 8.12. The van der Waals surface area contributed by atoms with E-state index in [1.54, 1.807) is 0 Å². The van der Waals surface area contributed by atoms with Crippen LogP contribution >= 0.6 is 0 Å². The van der Waals surface area contributed by atoms with E-state index in [1.165, 1.54) is 11.3 Å². The molecule has 0 aliphatic carbocycles. The monoisotopic (exact) mass is 149 g/mol. The van der Waals surface area contributed by atoms with Crippen LogP contribution in [-0.2, 0) is 0 Å². The predicted molar refractivity (Wildman–Crippen MR) is 49.3 cm³/mol. The second kappa shape index (κ2) is 3.42. The predicted octanol–water partition coefficient (Wildman–Crippen LogP) is 2.34. The van der Waals surface area contributed by atoms with Crippen molar-refractivity contribution < 1.29 is 0 Å². The Kier molecular flexibility index (Phi) is 2.53. The third-order valence-corrected chi connectivity index (χ3v) is 1.97. The van der Waals surface area contributed by atoms with Crippen molar-refractivity contribution in [2.24, 2.45) is 0 Å². The number of nitrogens with zero attached hydrogens (tertiary/aromatic N) is 1. The maximum atomic E-state index is 2.25. The Morgan fingerprint density at radius 3 is 2.55 bits per heavy atom. The standard InChI is InChI=1S/C10H15N/c1-4-9-7-6-8-11(3)10(9)5-2/h4-7H,8H2,1-3H3. The van der Waals surface area contributed by atoms with Gasteiger partial charge in [-0.15, -0.1) is 0 Å². The zero-order chi connectivity index (χ0) is 8.27. The highest BCUT2D eigenvalue weighted by atomic mass is 15.1. The molecule has 0 fully saturated rings. The van der Waals surface area contributed by atoms with E-state index >= 15 is 0 Å². The molecule has 0 saturated carbocycles. The van der Waals surface area contributed by atoms with E-state index in [9.17, 15) is 0 Å². The fourth-order valence-corrected chi connectivity index (χ4v) is 1.37. The zero-order valence-corrected chi connectivity index (χ0v) is 7.46. The van der Waals surface area contributed by atoms with E-state index < -0.39 is 0 Å². The van der Waals surface area contributed by atoms with Gasteiger partial charge < -0.3 is 4.90 Å². The maximum absolute atomic E-state index is 2.25. The van der Waals surface area contributed by atoms with Gasteiger partial charge in [0.05, 0.1) is 0 Å². The Morgan fingerprint density at radius 2 is 2.09 bits per heavy atom. The summed E-state index contributed by atoms with van der Waals surface area (Å²) in [5, 5.41) is 0. The van der Waals surface area contributed by atoms with E-state index in [1.807, 2.05) is 0 Å². The minimum absolute atomic E-state index is 1.02. The van der Waals surface area contributed by atoms with Crippen LogP contribution in [0.4, 0.5) is 0 Å². The quantitative estimate of drug-likeness (QED) is 0.511. The highest BCUT2D eigenvalue weighted by Gasteiger charge is 2.08. The summed E-state index contributed by atoms with van der Waals surface area (Å²) in [5.74, 6) is 0. The van der Waals surface area contributed by atoms with Crippen LogP contribution in [0.25, 0.3) is 0 Å². The fraction of sp³-hybridized carbons (Fsp3) is 0.400. The molecular formula is C10H15N. The average Bonchev–Trinajstić information content (AvgIpc) is 2.04. The summed E-state index contributed by atoms with van der Waals surface area (Å²) in [6.45, 7) is 5.17. The Balaban J connectivity index is 2.96. The van der Waals surface area contributed by atoms with Crippen molar-refractivity contribution in [1.29, 1.82) is 0 Å². The first-order chi connectivity index (χ1) is 5.29. The van der Waals surface area contributed by atoms with Crippen LogP contribution in [0.2, 0.25) is 0 Å². The number of rotatable bonds is 0.